The molecule has 2 heterocycles. The van der Waals surface area contributed by atoms with Gasteiger partial charge in [0.15, 0.2) is 0 Å². The van der Waals surface area contributed by atoms with Crippen LogP contribution >= 0.6 is 0 Å². The molecule has 1 aliphatic carbocycles. The predicted octanol–water partition coefficient (Wildman–Crippen LogP) is 1.11. The van der Waals surface area contributed by atoms with E-state index in [4.69, 9.17) is 9.47 Å². The minimum atomic E-state index is -0.434. The van der Waals surface area contributed by atoms with Crippen LogP contribution in [0.1, 0.15) is 17.7 Å². The molecule has 0 fully saturated rings. The van der Waals surface area contributed by atoms with Crippen LogP contribution in [0.15, 0.2) is 18.7 Å². The Hall–Kier alpha value is -1.45. The first kappa shape index (κ1) is 7.00. The first-order valence-corrected chi connectivity index (χ1v) is 4.40. The Balaban J connectivity index is 1.92. The Morgan fingerprint density at radius 3 is 3.08 bits per heavy atom. The van der Waals surface area contributed by atoms with Gasteiger partial charge in [-0.2, -0.15) is 5.10 Å². The second kappa shape index (κ2) is 2.28. The molecule has 0 saturated carbocycles. The normalized spacial score (nSPS) is 22.5. The molecule has 1 aliphatic heterocycles. The van der Waals surface area contributed by atoms with Gasteiger partial charge in [-0.3, -0.25) is 5.10 Å². The quantitative estimate of drug-likeness (QED) is 0.647. The van der Waals surface area contributed by atoms with Crippen LogP contribution in [0.5, 0.6) is 0 Å². The highest BCUT2D eigenvalue weighted by Crippen LogP contribution is 2.34. The zero-order valence-electron chi connectivity index (χ0n) is 7.12. The van der Waals surface area contributed by atoms with Crippen molar-refractivity contribution in [3.63, 3.8) is 0 Å². The van der Waals surface area contributed by atoms with E-state index in [9.17, 15) is 0 Å². The van der Waals surface area contributed by atoms with Crippen molar-refractivity contribution in [1.29, 1.82) is 0 Å². The standard InChI is InChI=1S/C9H10N2O2/c1-2-9(12-3-4-13-9)5-7-6-10-11-8(1)7/h3-4,6H,1-2,5H2,(H,10,11). The van der Waals surface area contributed by atoms with Crippen molar-refractivity contribution in [3.05, 3.63) is 30.0 Å². The molecule has 1 spiro atoms. The average molecular weight is 178 g/mol. The molecule has 4 heteroatoms. The third kappa shape index (κ3) is 0.946. The van der Waals surface area contributed by atoms with Crippen molar-refractivity contribution < 1.29 is 9.47 Å². The Kier molecular flexibility index (Phi) is 1.23. The number of aryl methyl sites for hydroxylation is 1. The van der Waals surface area contributed by atoms with Crippen molar-refractivity contribution >= 4 is 0 Å². The van der Waals surface area contributed by atoms with E-state index < -0.39 is 5.79 Å². The van der Waals surface area contributed by atoms with Crippen LogP contribution in [0, 0.1) is 0 Å². The third-order valence-corrected chi connectivity index (χ3v) is 2.64. The summed E-state index contributed by atoms with van der Waals surface area (Å²) in [5.41, 5.74) is 2.42. The molecule has 0 unspecified atom stereocenters. The van der Waals surface area contributed by atoms with E-state index in [2.05, 4.69) is 10.2 Å². The number of hydrogen-bond donors (Lipinski definition) is 1. The van der Waals surface area contributed by atoms with Crippen LogP contribution in [0.3, 0.4) is 0 Å². The van der Waals surface area contributed by atoms with Crippen molar-refractivity contribution in [2.45, 2.75) is 25.0 Å². The van der Waals surface area contributed by atoms with Gasteiger partial charge in [-0.15, -0.1) is 0 Å². The minimum Gasteiger partial charge on any atom is -0.456 e. The Bertz CT molecular complexity index is 348. The zero-order valence-corrected chi connectivity index (χ0v) is 7.12. The van der Waals surface area contributed by atoms with Crippen molar-refractivity contribution in [2.75, 3.05) is 0 Å². The Morgan fingerprint density at radius 2 is 2.23 bits per heavy atom. The summed E-state index contributed by atoms with van der Waals surface area (Å²) in [6.07, 6.45) is 7.69. The van der Waals surface area contributed by atoms with E-state index in [1.165, 1.54) is 11.3 Å². The summed E-state index contributed by atoms with van der Waals surface area (Å²) in [5.74, 6) is -0.434. The Labute approximate surface area is 75.5 Å². The monoisotopic (exact) mass is 178 g/mol. The molecule has 0 amide bonds. The van der Waals surface area contributed by atoms with Gasteiger partial charge >= 0.3 is 0 Å². The smallest absolute Gasteiger partial charge is 0.254 e. The summed E-state index contributed by atoms with van der Waals surface area (Å²) in [6, 6.07) is 0. The maximum absolute atomic E-state index is 5.46. The molecule has 0 atom stereocenters. The van der Waals surface area contributed by atoms with E-state index in [1.54, 1.807) is 12.5 Å². The molecule has 1 aromatic rings. The molecule has 2 aliphatic rings. The van der Waals surface area contributed by atoms with Crippen LogP contribution in [0.2, 0.25) is 0 Å². The molecule has 13 heavy (non-hydrogen) atoms. The first-order valence-electron chi connectivity index (χ1n) is 4.40. The van der Waals surface area contributed by atoms with Gasteiger partial charge in [-0.25, -0.2) is 0 Å². The molecular weight excluding hydrogens is 168 g/mol. The third-order valence-electron chi connectivity index (χ3n) is 2.64. The minimum absolute atomic E-state index is 0.434. The van der Waals surface area contributed by atoms with Gasteiger partial charge in [0.05, 0.1) is 12.6 Å². The molecule has 0 aromatic carbocycles. The summed E-state index contributed by atoms with van der Waals surface area (Å²) < 4.78 is 10.9. The van der Waals surface area contributed by atoms with E-state index >= 15 is 0 Å². The number of hydrogen-bond acceptors (Lipinski definition) is 3. The zero-order chi connectivity index (χ0) is 8.73. The van der Waals surface area contributed by atoms with Crippen LogP contribution in [0.25, 0.3) is 0 Å². The number of ether oxygens (including phenoxy) is 2. The van der Waals surface area contributed by atoms with Crippen molar-refractivity contribution in [2.24, 2.45) is 0 Å². The molecule has 0 saturated heterocycles. The lowest BCUT2D eigenvalue weighted by atomic mass is 9.92. The fourth-order valence-electron chi connectivity index (χ4n) is 1.93. The summed E-state index contributed by atoms with van der Waals surface area (Å²) in [4.78, 5) is 0. The summed E-state index contributed by atoms with van der Waals surface area (Å²) >= 11 is 0. The second-order valence-corrected chi connectivity index (χ2v) is 3.47. The van der Waals surface area contributed by atoms with E-state index in [1.807, 2.05) is 6.20 Å². The largest absolute Gasteiger partial charge is 0.456 e. The molecule has 4 nitrogen and oxygen atoms in total. The van der Waals surface area contributed by atoms with Crippen molar-refractivity contribution in [1.82, 2.24) is 10.2 Å². The maximum Gasteiger partial charge on any atom is 0.254 e. The number of fused-ring (bicyclic) bond motifs is 1. The fraction of sp³-hybridized carbons (Fsp3) is 0.444. The van der Waals surface area contributed by atoms with Crippen LogP contribution in [-0.2, 0) is 22.3 Å². The highest BCUT2D eigenvalue weighted by atomic mass is 16.7. The molecule has 68 valence electrons. The van der Waals surface area contributed by atoms with Gasteiger partial charge in [0.2, 0.25) is 0 Å². The van der Waals surface area contributed by atoms with Gasteiger partial charge in [0.25, 0.3) is 5.79 Å². The fourth-order valence-corrected chi connectivity index (χ4v) is 1.93. The van der Waals surface area contributed by atoms with Gasteiger partial charge in [-0.05, 0) is 6.42 Å². The van der Waals surface area contributed by atoms with Gasteiger partial charge < -0.3 is 9.47 Å². The van der Waals surface area contributed by atoms with E-state index in [0.29, 0.717) is 0 Å². The Morgan fingerprint density at radius 1 is 1.38 bits per heavy atom. The lowest BCUT2D eigenvalue weighted by molar-refractivity contribution is -0.148. The summed E-state index contributed by atoms with van der Waals surface area (Å²) in [5, 5.41) is 6.98. The molecule has 3 rings (SSSR count). The second-order valence-electron chi connectivity index (χ2n) is 3.47. The lowest BCUT2D eigenvalue weighted by Gasteiger charge is -2.30. The van der Waals surface area contributed by atoms with Gasteiger partial charge in [0.1, 0.15) is 12.5 Å². The van der Waals surface area contributed by atoms with Crippen LogP contribution < -0.4 is 0 Å². The van der Waals surface area contributed by atoms with Crippen LogP contribution in [-0.4, -0.2) is 16.0 Å². The number of nitrogens with zero attached hydrogens (tertiary/aromatic N) is 1. The maximum atomic E-state index is 5.46. The van der Waals surface area contributed by atoms with Crippen LogP contribution in [0.4, 0.5) is 0 Å². The number of aromatic amines is 1. The molecule has 0 radical (unpaired) electrons. The van der Waals surface area contributed by atoms with E-state index in [0.717, 1.165) is 19.3 Å². The van der Waals surface area contributed by atoms with Crippen molar-refractivity contribution in [3.8, 4) is 0 Å². The number of H-pyrrole nitrogens is 1. The first-order chi connectivity index (χ1) is 6.38. The van der Waals surface area contributed by atoms with Gasteiger partial charge in [-0.1, -0.05) is 0 Å². The predicted molar refractivity (Wildman–Crippen MR) is 44.7 cm³/mol. The highest BCUT2D eigenvalue weighted by molar-refractivity contribution is 5.22. The number of aromatic nitrogens is 2. The summed E-state index contributed by atoms with van der Waals surface area (Å²) in [6.45, 7) is 0. The number of rotatable bonds is 0. The van der Waals surface area contributed by atoms with Gasteiger partial charge in [0, 0.05) is 17.7 Å². The lowest BCUT2D eigenvalue weighted by Crippen LogP contribution is -2.36. The van der Waals surface area contributed by atoms with E-state index in [-0.39, 0.29) is 0 Å². The molecule has 1 aromatic heterocycles. The summed E-state index contributed by atoms with van der Waals surface area (Å²) in [7, 11) is 0. The topological polar surface area (TPSA) is 47.1 Å². The highest BCUT2D eigenvalue weighted by Gasteiger charge is 2.40. The average Bonchev–Trinajstić information content (AvgIpc) is 2.74. The molecule has 0 bridgehead atoms. The number of nitrogens with one attached hydrogen (secondary N) is 1. The molecule has 1 N–H and O–H groups in total. The molecular formula is C9H10N2O2. The SMILES string of the molecule is C1=COC2(CCc3[nH]ncc3C2)O1.